The van der Waals surface area contributed by atoms with Gasteiger partial charge in [-0.1, -0.05) is 12.1 Å². The van der Waals surface area contributed by atoms with Crippen LogP contribution in [0.25, 0.3) is 5.69 Å². The first kappa shape index (κ1) is 14.6. The molecule has 6 heteroatoms. The van der Waals surface area contributed by atoms with E-state index in [1.807, 2.05) is 60.3 Å². The normalized spacial score (nSPS) is 12.1. The van der Waals surface area contributed by atoms with Gasteiger partial charge in [0.05, 0.1) is 16.7 Å². The fraction of sp³-hybridized carbons (Fsp3) is 0.125. The first-order valence-electron chi connectivity index (χ1n) is 6.88. The zero-order chi connectivity index (χ0) is 15.5. The number of halogens is 1. The molecule has 1 aromatic carbocycles. The molecule has 1 amide bonds. The minimum atomic E-state index is -0.189. The van der Waals surface area contributed by atoms with Gasteiger partial charge in [0.1, 0.15) is 5.69 Å². The van der Waals surface area contributed by atoms with Crippen LogP contribution in [0, 0.1) is 0 Å². The third kappa shape index (κ3) is 2.96. The molecule has 0 radical (unpaired) electrons. The van der Waals surface area contributed by atoms with Crippen molar-refractivity contribution < 1.29 is 4.79 Å². The molecule has 0 fully saturated rings. The number of hydrogen-bond acceptors (Lipinski definition) is 2. The van der Waals surface area contributed by atoms with E-state index in [1.54, 1.807) is 6.20 Å². The van der Waals surface area contributed by atoms with Crippen LogP contribution in [0.15, 0.2) is 59.5 Å². The van der Waals surface area contributed by atoms with Gasteiger partial charge in [-0.2, -0.15) is 5.10 Å². The van der Waals surface area contributed by atoms with E-state index in [0.29, 0.717) is 10.2 Å². The topological polar surface area (TPSA) is 62.7 Å². The lowest BCUT2D eigenvalue weighted by Gasteiger charge is -2.14. The Morgan fingerprint density at radius 3 is 2.55 bits per heavy atom. The van der Waals surface area contributed by atoms with Crippen LogP contribution >= 0.6 is 15.9 Å². The van der Waals surface area contributed by atoms with E-state index in [9.17, 15) is 4.79 Å². The van der Waals surface area contributed by atoms with Crippen molar-refractivity contribution in [2.75, 3.05) is 0 Å². The highest BCUT2D eigenvalue weighted by Crippen LogP contribution is 2.18. The first-order chi connectivity index (χ1) is 10.6. The Morgan fingerprint density at radius 2 is 1.95 bits per heavy atom. The number of aromatic nitrogens is 3. The maximum absolute atomic E-state index is 12.1. The lowest BCUT2D eigenvalue weighted by Crippen LogP contribution is -2.27. The SMILES string of the molecule is CC(NC(=O)c1[nH]ncc1Br)c1ccc(-n2cccc2)cc1. The molecule has 3 aromatic rings. The number of rotatable bonds is 4. The smallest absolute Gasteiger partial charge is 0.270 e. The van der Waals surface area contributed by atoms with E-state index >= 15 is 0 Å². The Kier molecular flexibility index (Phi) is 4.11. The molecule has 0 aliphatic rings. The summed E-state index contributed by atoms with van der Waals surface area (Å²) in [7, 11) is 0. The molecule has 0 aliphatic heterocycles. The molecule has 0 saturated carbocycles. The quantitative estimate of drug-likeness (QED) is 0.750. The lowest BCUT2D eigenvalue weighted by molar-refractivity contribution is 0.0934. The summed E-state index contributed by atoms with van der Waals surface area (Å²) >= 11 is 3.29. The van der Waals surface area contributed by atoms with Crippen LogP contribution < -0.4 is 5.32 Å². The molecule has 112 valence electrons. The number of H-pyrrole nitrogens is 1. The summed E-state index contributed by atoms with van der Waals surface area (Å²) in [6.07, 6.45) is 5.55. The van der Waals surface area contributed by atoms with Gasteiger partial charge in [0.25, 0.3) is 5.91 Å². The third-order valence-corrected chi connectivity index (χ3v) is 4.06. The number of hydrogen-bond donors (Lipinski definition) is 2. The summed E-state index contributed by atoms with van der Waals surface area (Å²) in [4.78, 5) is 12.1. The monoisotopic (exact) mass is 358 g/mol. The van der Waals surface area contributed by atoms with Gasteiger partial charge in [0, 0.05) is 18.1 Å². The lowest BCUT2D eigenvalue weighted by atomic mass is 10.1. The van der Waals surface area contributed by atoms with Crippen LogP contribution in [0.1, 0.15) is 29.0 Å². The predicted octanol–water partition coefficient (Wildman–Crippen LogP) is 3.45. The minimum absolute atomic E-state index is 0.0959. The molecule has 3 rings (SSSR count). The number of benzene rings is 1. The van der Waals surface area contributed by atoms with Crippen molar-refractivity contribution in [2.24, 2.45) is 0 Å². The van der Waals surface area contributed by atoms with Crippen LogP contribution in [-0.4, -0.2) is 20.7 Å². The van der Waals surface area contributed by atoms with Crippen molar-refractivity contribution in [3.8, 4) is 5.69 Å². The van der Waals surface area contributed by atoms with Crippen LogP contribution in [0.5, 0.6) is 0 Å². The van der Waals surface area contributed by atoms with E-state index in [-0.39, 0.29) is 11.9 Å². The fourth-order valence-corrected chi connectivity index (χ4v) is 2.60. The molecule has 2 N–H and O–H groups in total. The second-order valence-corrected chi connectivity index (χ2v) is 5.82. The van der Waals surface area contributed by atoms with E-state index in [4.69, 9.17) is 0 Å². The standard InChI is InChI=1S/C16H15BrN4O/c1-11(19-16(22)15-14(17)10-18-20-15)12-4-6-13(7-5-12)21-8-2-3-9-21/h2-11H,1H3,(H,18,20)(H,19,22). The number of carbonyl (C=O) groups is 1. The molecule has 0 bridgehead atoms. The predicted molar refractivity (Wildman–Crippen MR) is 87.9 cm³/mol. The zero-order valence-electron chi connectivity index (χ0n) is 12.0. The maximum Gasteiger partial charge on any atom is 0.270 e. The van der Waals surface area contributed by atoms with Gasteiger partial charge in [-0.15, -0.1) is 0 Å². The summed E-state index contributed by atoms with van der Waals surface area (Å²) in [5, 5.41) is 9.45. The van der Waals surface area contributed by atoms with Crippen LogP contribution in [0.2, 0.25) is 0 Å². The van der Waals surface area contributed by atoms with Crippen LogP contribution in [0.4, 0.5) is 0 Å². The summed E-state index contributed by atoms with van der Waals surface area (Å²) < 4.78 is 2.69. The summed E-state index contributed by atoms with van der Waals surface area (Å²) in [5.41, 5.74) is 2.55. The Morgan fingerprint density at radius 1 is 1.27 bits per heavy atom. The molecular formula is C16H15BrN4O. The Hall–Kier alpha value is -2.34. The van der Waals surface area contributed by atoms with Crippen molar-refractivity contribution >= 4 is 21.8 Å². The van der Waals surface area contributed by atoms with E-state index < -0.39 is 0 Å². The number of aromatic amines is 1. The Bertz CT molecular complexity index is 762. The molecule has 0 saturated heterocycles. The summed E-state index contributed by atoms with van der Waals surface area (Å²) in [6, 6.07) is 12.0. The highest BCUT2D eigenvalue weighted by Gasteiger charge is 2.15. The molecule has 0 aliphatic carbocycles. The average Bonchev–Trinajstić information content (AvgIpc) is 3.18. The molecule has 2 heterocycles. The molecule has 1 atom stereocenters. The Labute approximate surface area is 136 Å². The maximum atomic E-state index is 12.1. The van der Waals surface area contributed by atoms with Crippen LogP contribution in [0.3, 0.4) is 0 Å². The average molecular weight is 359 g/mol. The zero-order valence-corrected chi connectivity index (χ0v) is 13.5. The van der Waals surface area contributed by atoms with Crippen LogP contribution in [-0.2, 0) is 0 Å². The van der Waals surface area contributed by atoms with Crippen molar-refractivity contribution in [1.82, 2.24) is 20.1 Å². The highest BCUT2D eigenvalue weighted by atomic mass is 79.9. The van der Waals surface area contributed by atoms with Crippen molar-refractivity contribution in [1.29, 1.82) is 0 Å². The second-order valence-electron chi connectivity index (χ2n) is 4.97. The van der Waals surface area contributed by atoms with Crippen molar-refractivity contribution in [2.45, 2.75) is 13.0 Å². The van der Waals surface area contributed by atoms with Gasteiger partial charge in [-0.3, -0.25) is 9.89 Å². The Balaban J connectivity index is 1.71. The van der Waals surface area contributed by atoms with Gasteiger partial charge in [0.15, 0.2) is 0 Å². The van der Waals surface area contributed by atoms with Gasteiger partial charge < -0.3 is 9.88 Å². The molecule has 0 spiro atoms. The largest absolute Gasteiger partial charge is 0.344 e. The van der Waals surface area contributed by atoms with Gasteiger partial charge in [0.2, 0.25) is 0 Å². The molecule has 5 nitrogen and oxygen atoms in total. The number of nitrogens with one attached hydrogen (secondary N) is 2. The van der Waals surface area contributed by atoms with Crippen molar-refractivity contribution in [3.05, 3.63) is 70.7 Å². The van der Waals surface area contributed by atoms with Gasteiger partial charge in [-0.05, 0) is 52.7 Å². The number of nitrogens with zero attached hydrogens (tertiary/aromatic N) is 2. The van der Waals surface area contributed by atoms with E-state index in [2.05, 4.69) is 31.4 Å². The molecule has 22 heavy (non-hydrogen) atoms. The summed E-state index contributed by atoms with van der Waals surface area (Å²) in [6.45, 7) is 1.95. The minimum Gasteiger partial charge on any atom is -0.344 e. The third-order valence-electron chi connectivity index (χ3n) is 3.46. The molecule has 1 unspecified atom stereocenters. The van der Waals surface area contributed by atoms with Crippen molar-refractivity contribution in [3.63, 3.8) is 0 Å². The van der Waals surface area contributed by atoms with E-state index in [1.165, 1.54) is 0 Å². The first-order valence-corrected chi connectivity index (χ1v) is 7.67. The molecular weight excluding hydrogens is 344 g/mol. The molecule has 2 aromatic heterocycles. The van der Waals surface area contributed by atoms with Gasteiger partial charge in [-0.25, -0.2) is 0 Å². The summed E-state index contributed by atoms with van der Waals surface area (Å²) in [5.74, 6) is -0.189. The van der Waals surface area contributed by atoms with Gasteiger partial charge >= 0.3 is 0 Å². The highest BCUT2D eigenvalue weighted by molar-refractivity contribution is 9.10. The number of amides is 1. The second kappa shape index (κ2) is 6.19. The number of carbonyl (C=O) groups excluding carboxylic acids is 1. The fourth-order valence-electron chi connectivity index (χ4n) is 2.22. The van der Waals surface area contributed by atoms with E-state index in [0.717, 1.165) is 11.3 Å².